The lowest BCUT2D eigenvalue weighted by Gasteiger charge is -2.33. The Kier molecular flexibility index (Phi) is 5.97. The molecule has 0 saturated carbocycles. The number of hydrogen-bond acceptors (Lipinski definition) is 4. The van der Waals surface area contributed by atoms with Crippen molar-refractivity contribution in [3.63, 3.8) is 0 Å². The molecule has 1 fully saturated rings. The first-order valence-corrected chi connectivity index (χ1v) is 10.3. The average molecular weight is 427 g/mol. The molecular weight excluding hydrogens is 401 g/mol. The summed E-state index contributed by atoms with van der Waals surface area (Å²) >= 11 is 0. The molecule has 1 saturated heterocycles. The predicted octanol–water partition coefficient (Wildman–Crippen LogP) is 3.23. The Morgan fingerprint density at radius 1 is 1.06 bits per heavy atom. The second-order valence-corrected chi connectivity index (χ2v) is 7.81. The Hall–Kier alpha value is -3.29. The van der Waals surface area contributed by atoms with Crippen molar-refractivity contribution < 1.29 is 23.5 Å². The van der Waals surface area contributed by atoms with Crippen LogP contribution in [0.25, 0.3) is 0 Å². The van der Waals surface area contributed by atoms with Crippen LogP contribution in [0.5, 0.6) is 11.5 Å². The fourth-order valence-electron chi connectivity index (χ4n) is 4.21. The minimum absolute atomic E-state index is 0.00579. The van der Waals surface area contributed by atoms with E-state index in [0.29, 0.717) is 30.3 Å². The Balaban J connectivity index is 1.49. The molecule has 164 valence electrons. The van der Waals surface area contributed by atoms with E-state index in [1.165, 1.54) is 24.7 Å². The molecule has 0 aromatic heterocycles. The first-order chi connectivity index (χ1) is 15.0. The van der Waals surface area contributed by atoms with Gasteiger partial charge in [0.2, 0.25) is 5.91 Å². The molecule has 7 nitrogen and oxygen atoms in total. The lowest BCUT2D eigenvalue weighted by atomic mass is 9.99. The van der Waals surface area contributed by atoms with Gasteiger partial charge in [0.15, 0.2) is 0 Å². The van der Waals surface area contributed by atoms with E-state index in [9.17, 15) is 14.0 Å². The molecule has 31 heavy (non-hydrogen) atoms. The van der Waals surface area contributed by atoms with Crippen LogP contribution in [-0.4, -0.2) is 61.3 Å². The quantitative estimate of drug-likeness (QED) is 0.813. The number of hydrogen-bond donors (Lipinski definition) is 1. The fourth-order valence-corrected chi connectivity index (χ4v) is 4.21. The number of fused-ring (bicyclic) bond motifs is 1. The van der Waals surface area contributed by atoms with Crippen molar-refractivity contribution >= 4 is 17.6 Å². The number of carbonyl (C=O) groups excluding carboxylic acids is 2. The molecule has 0 radical (unpaired) electrons. The summed E-state index contributed by atoms with van der Waals surface area (Å²) in [7, 11) is 3.03. The summed E-state index contributed by atoms with van der Waals surface area (Å²) in [6, 6.07) is 11.6. The number of amides is 3. The highest BCUT2D eigenvalue weighted by atomic mass is 19.1. The third-order valence-corrected chi connectivity index (χ3v) is 5.84. The monoisotopic (exact) mass is 427 g/mol. The van der Waals surface area contributed by atoms with Gasteiger partial charge in [-0.3, -0.25) is 4.79 Å². The van der Waals surface area contributed by atoms with Gasteiger partial charge in [0.25, 0.3) is 0 Å². The van der Waals surface area contributed by atoms with E-state index in [1.54, 1.807) is 23.1 Å². The van der Waals surface area contributed by atoms with E-state index in [4.69, 9.17) is 9.47 Å². The van der Waals surface area contributed by atoms with E-state index < -0.39 is 18.2 Å². The minimum atomic E-state index is -1.24. The zero-order valence-electron chi connectivity index (χ0n) is 17.6. The van der Waals surface area contributed by atoms with Crippen LogP contribution in [-0.2, 0) is 17.8 Å². The number of nitrogens with zero attached hydrogens (tertiary/aromatic N) is 2. The first kappa shape index (κ1) is 21.0. The SMILES string of the molecule is COc1cc(NC(=O)N2CC(F)CC2C(=O)N2CCc3ccccc3C2)cc(OC)c1. The summed E-state index contributed by atoms with van der Waals surface area (Å²) in [5.74, 6) is 0.811. The molecular formula is C23H26FN3O4. The second-order valence-electron chi connectivity index (χ2n) is 7.81. The number of urea groups is 1. The normalized spacial score (nSPS) is 20.2. The number of carbonyl (C=O) groups is 2. The number of methoxy groups -OCH3 is 2. The standard InChI is InChI=1S/C23H26FN3O4/c1-30-19-10-18(11-20(12-19)31-2)25-23(29)27-14-17(24)9-21(27)22(28)26-8-7-15-5-3-4-6-16(15)13-26/h3-6,10-12,17,21H,7-9,13-14H2,1-2H3,(H,25,29). The summed E-state index contributed by atoms with van der Waals surface area (Å²) in [6.45, 7) is 0.921. The van der Waals surface area contributed by atoms with Gasteiger partial charge < -0.3 is 24.6 Å². The van der Waals surface area contributed by atoms with Crippen molar-refractivity contribution in [3.05, 3.63) is 53.6 Å². The van der Waals surface area contributed by atoms with E-state index >= 15 is 0 Å². The minimum Gasteiger partial charge on any atom is -0.497 e. The largest absolute Gasteiger partial charge is 0.497 e. The van der Waals surface area contributed by atoms with Crippen LogP contribution >= 0.6 is 0 Å². The van der Waals surface area contributed by atoms with Gasteiger partial charge in [-0.25, -0.2) is 9.18 Å². The van der Waals surface area contributed by atoms with E-state index in [-0.39, 0.29) is 18.9 Å². The van der Waals surface area contributed by atoms with Gasteiger partial charge in [0.05, 0.1) is 20.8 Å². The number of rotatable bonds is 4. The lowest BCUT2D eigenvalue weighted by Crippen LogP contribution is -2.50. The number of halogens is 1. The number of nitrogens with one attached hydrogen (secondary N) is 1. The summed E-state index contributed by atoms with van der Waals surface area (Å²) in [5.41, 5.74) is 2.76. The van der Waals surface area contributed by atoms with Gasteiger partial charge in [-0.15, -0.1) is 0 Å². The molecule has 8 heteroatoms. The molecule has 2 atom stereocenters. The zero-order chi connectivity index (χ0) is 22.0. The predicted molar refractivity (Wildman–Crippen MR) is 114 cm³/mol. The molecule has 2 aromatic carbocycles. The van der Waals surface area contributed by atoms with E-state index in [2.05, 4.69) is 11.4 Å². The fraction of sp³-hybridized carbons (Fsp3) is 0.391. The number of anilines is 1. The molecule has 1 N–H and O–H groups in total. The maximum atomic E-state index is 14.3. The summed E-state index contributed by atoms with van der Waals surface area (Å²) in [5, 5.41) is 2.75. The van der Waals surface area contributed by atoms with Crippen molar-refractivity contribution in [3.8, 4) is 11.5 Å². The number of ether oxygens (including phenoxy) is 2. The van der Waals surface area contributed by atoms with Gasteiger partial charge in [-0.2, -0.15) is 0 Å². The maximum Gasteiger partial charge on any atom is 0.322 e. The molecule has 2 aliphatic rings. The topological polar surface area (TPSA) is 71.1 Å². The van der Waals surface area contributed by atoms with Gasteiger partial charge in [0.1, 0.15) is 23.7 Å². The van der Waals surface area contributed by atoms with Crippen LogP contribution in [0.4, 0.5) is 14.9 Å². The molecule has 0 aliphatic carbocycles. The van der Waals surface area contributed by atoms with Crippen molar-refractivity contribution in [1.82, 2.24) is 9.80 Å². The molecule has 2 unspecified atom stereocenters. The second kappa shape index (κ2) is 8.83. The summed E-state index contributed by atoms with van der Waals surface area (Å²) < 4.78 is 24.7. The van der Waals surface area contributed by atoms with E-state index in [0.717, 1.165) is 12.0 Å². The Morgan fingerprint density at radius 3 is 2.42 bits per heavy atom. The molecule has 0 bridgehead atoms. The number of alkyl halides is 1. The Labute approximate surface area is 180 Å². The number of likely N-dealkylation sites (tertiary alicyclic amines) is 1. The zero-order valence-corrected chi connectivity index (χ0v) is 17.6. The lowest BCUT2D eigenvalue weighted by molar-refractivity contribution is -0.136. The molecule has 2 aromatic rings. The van der Waals surface area contributed by atoms with Gasteiger partial charge in [-0.05, 0) is 17.5 Å². The molecule has 2 aliphatic heterocycles. The van der Waals surface area contributed by atoms with Gasteiger partial charge in [-0.1, -0.05) is 24.3 Å². The number of benzene rings is 2. The van der Waals surface area contributed by atoms with Crippen molar-refractivity contribution in [2.75, 3.05) is 32.6 Å². The third kappa shape index (κ3) is 4.42. The van der Waals surface area contributed by atoms with Crippen molar-refractivity contribution in [1.29, 1.82) is 0 Å². The summed E-state index contributed by atoms with van der Waals surface area (Å²) in [4.78, 5) is 29.2. The van der Waals surface area contributed by atoms with Crippen LogP contribution in [0.15, 0.2) is 42.5 Å². The van der Waals surface area contributed by atoms with Crippen molar-refractivity contribution in [2.24, 2.45) is 0 Å². The van der Waals surface area contributed by atoms with Crippen LogP contribution < -0.4 is 14.8 Å². The molecule has 4 rings (SSSR count). The Morgan fingerprint density at radius 2 is 1.74 bits per heavy atom. The van der Waals surface area contributed by atoms with Crippen LogP contribution in [0, 0.1) is 0 Å². The van der Waals surface area contributed by atoms with Gasteiger partial charge >= 0.3 is 6.03 Å². The average Bonchev–Trinajstić information content (AvgIpc) is 3.19. The first-order valence-electron chi connectivity index (χ1n) is 10.3. The van der Waals surface area contributed by atoms with Crippen LogP contribution in [0.3, 0.4) is 0 Å². The van der Waals surface area contributed by atoms with Crippen LogP contribution in [0.1, 0.15) is 17.5 Å². The molecule has 2 heterocycles. The highest BCUT2D eigenvalue weighted by Gasteiger charge is 2.42. The Bertz CT molecular complexity index is 961. The van der Waals surface area contributed by atoms with E-state index in [1.807, 2.05) is 18.2 Å². The molecule has 0 spiro atoms. The maximum absolute atomic E-state index is 14.3. The third-order valence-electron chi connectivity index (χ3n) is 5.84. The smallest absolute Gasteiger partial charge is 0.322 e. The summed E-state index contributed by atoms with van der Waals surface area (Å²) in [6.07, 6.45) is -0.480. The highest BCUT2D eigenvalue weighted by Crippen LogP contribution is 2.29. The van der Waals surface area contributed by atoms with Gasteiger partial charge in [0, 0.05) is 43.4 Å². The van der Waals surface area contributed by atoms with Crippen molar-refractivity contribution in [2.45, 2.75) is 31.6 Å². The van der Waals surface area contributed by atoms with Crippen LogP contribution in [0.2, 0.25) is 0 Å². The highest BCUT2D eigenvalue weighted by molar-refractivity contribution is 5.94. The molecule has 3 amide bonds.